The van der Waals surface area contributed by atoms with E-state index in [4.69, 9.17) is 9.72 Å². The molecule has 0 radical (unpaired) electrons. The van der Waals surface area contributed by atoms with E-state index in [1.807, 2.05) is 32.0 Å². The van der Waals surface area contributed by atoms with Gasteiger partial charge in [0.25, 0.3) is 11.8 Å². The highest BCUT2D eigenvalue weighted by atomic mass is 32.1. The highest BCUT2D eigenvalue weighted by Crippen LogP contribution is 2.43. The molecule has 2 aromatic carbocycles. The third-order valence-corrected chi connectivity index (χ3v) is 9.24. The van der Waals surface area contributed by atoms with E-state index in [1.165, 1.54) is 4.90 Å². The van der Waals surface area contributed by atoms with Gasteiger partial charge in [-0.05, 0) is 73.9 Å². The molecule has 0 N–H and O–H groups in total. The standard InChI is InChI=1S/C30H31F2N3O3S/c1-18-3-8-27(38-14-23-7-4-20(10-19(23)2)28(37)35-16-30(31,32)17-35)24(9-18)26-15-39-29(33-26)34-11-21-5-6-22(12-34)25(21)13-36/h3-4,7-10,13,15,21-22,25H,5-6,11-12,14,16-17H2,1-2H3. The minimum absolute atomic E-state index is 0.188. The molecule has 0 spiro atoms. The number of amides is 1. The highest BCUT2D eigenvalue weighted by Gasteiger charge is 2.46. The Balaban J connectivity index is 1.16. The van der Waals surface area contributed by atoms with Gasteiger partial charge in [-0.2, -0.15) is 0 Å². The molecule has 6 nitrogen and oxygen atoms in total. The molecule has 3 aliphatic rings. The summed E-state index contributed by atoms with van der Waals surface area (Å²) in [5.41, 5.74) is 5.08. The van der Waals surface area contributed by atoms with Gasteiger partial charge < -0.3 is 19.3 Å². The van der Waals surface area contributed by atoms with E-state index in [1.54, 1.807) is 23.5 Å². The molecular weight excluding hydrogens is 520 g/mol. The van der Waals surface area contributed by atoms with Crippen LogP contribution >= 0.6 is 11.3 Å². The molecular formula is C30H31F2N3O3S. The number of anilines is 1. The number of hydrogen-bond donors (Lipinski definition) is 0. The molecule has 1 saturated carbocycles. The first-order valence-corrected chi connectivity index (χ1v) is 14.2. The number of likely N-dealkylation sites (tertiary alicyclic amines) is 1. The van der Waals surface area contributed by atoms with Crippen LogP contribution in [-0.2, 0) is 11.4 Å². The molecule has 9 heteroatoms. The normalized spacial score (nSPS) is 23.4. The zero-order valence-electron chi connectivity index (χ0n) is 22.0. The molecule has 3 aromatic rings. The Hall–Kier alpha value is -3.33. The second-order valence-electron chi connectivity index (χ2n) is 11.2. The van der Waals surface area contributed by atoms with Crippen molar-refractivity contribution in [3.63, 3.8) is 0 Å². The number of hydrogen-bond acceptors (Lipinski definition) is 6. The number of fused-ring (bicyclic) bond motifs is 2. The van der Waals surface area contributed by atoms with E-state index < -0.39 is 19.0 Å². The number of aromatic nitrogens is 1. The van der Waals surface area contributed by atoms with Gasteiger partial charge in [-0.15, -0.1) is 11.3 Å². The molecule has 3 fully saturated rings. The topological polar surface area (TPSA) is 62.7 Å². The van der Waals surface area contributed by atoms with Crippen LogP contribution in [0.3, 0.4) is 0 Å². The number of rotatable bonds is 7. The molecule has 1 aliphatic carbocycles. The van der Waals surface area contributed by atoms with Gasteiger partial charge in [0.15, 0.2) is 5.13 Å². The lowest BCUT2D eigenvalue weighted by Gasteiger charge is -2.38. The van der Waals surface area contributed by atoms with Gasteiger partial charge >= 0.3 is 0 Å². The number of piperidine rings is 1. The van der Waals surface area contributed by atoms with E-state index in [0.29, 0.717) is 24.0 Å². The Morgan fingerprint density at radius 3 is 2.54 bits per heavy atom. The van der Waals surface area contributed by atoms with Crippen LogP contribution in [0.4, 0.5) is 13.9 Å². The van der Waals surface area contributed by atoms with E-state index >= 15 is 0 Å². The van der Waals surface area contributed by atoms with E-state index in [2.05, 4.69) is 16.3 Å². The minimum atomic E-state index is -2.78. The maximum Gasteiger partial charge on any atom is 0.282 e. The summed E-state index contributed by atoms with van der Waals surface area (Å²) in [4.78, 5) is 32.5. The van der Waals surface area contributed by atoms with Gasteiger partial charge in [0, 0.05) is 35.5 Å². The van der Waals surface area contributed by atoms with Crippen molar-refractivity contribution in [2.75, 3.05) is 31.1 Å². The molecule has 2 atom stereocenters. The Kier molecular flexibility index (Phi) is 6.65. The maximum atomic E-state index is 13.2. The average Bonchev–Trinajstić information content (AvgIpc) is 3.48. The van der Waals surface area contributed by atoms with Crippen LogP contribution in [0.25, 0.3) is 11.3 Å². The SMILES string of the molecule is Cc1ccc(OCc2ccc(C(=O)N3CC(F)(F)C3)cc2C)c(-c2csc(N3CC4CCC(C3)C4C=O)n2)c1. The molecule has 3 heterocycles. The highest BCUT2D eigenvalue weighted by molar-refractivity contribution is 7.14. The smallest absolute Gasteiger partial charge is 0.282 e. The molecule has 1 aromatic heterocycles. The van der Waals surface area contributed by atoms with Crippen molar-refractivity contribution in [3.8, 4) is 17.0 Å². The van der Waals surface area contributed by atoms with Crippen molar-refractivity contribution < 1.29 is 23.1 Å². The number of carbonyl (C=O) groups excluding carboxylic acids is 2. The number of aryl methyl sites for hydroxylation is 2. The van der Waals surface area contributed by atoms with Crippen molar-refractivity contribution in [2.24, 2.45) is 17.8 Å². The second kappa shape index (κ2) is 10.0. The van der Waals surface area contributed by atoms with Crippen molar-refractivity contribution in [3.05, 3.63) is 64.0 Å². The summed E-state index contributed by atoms with van der Waals surface area (Å²) >= 11 is 1.62. The van der Waals surface area contributed by atoms with Crippen LogP contribution in [0.1, 0.15) is 39.9 Å². The predicted octanol–water partition coefficient (Wildman–Crippen LogP) is 5.76. The molecule has 2 bridgehead atoms. The fourth-order valence-corrected chi connectivity index (χ4v) is 6.98. The van der Waals surface area contributed by atoms with E-state index in [-0.39, 0.29) is 11.8 Å². The molecule has 2 aliphatic heterocycles. The number of carbonyl (C=O) groups is 2. The first kappa shape index (κ1) is 25.9. The molecule has 6 rings (SSSR count). The third-order valence-electron chi connectivity index (χ3n) is 8.34. The van der Waals surface area contributed by atoms with Crippen LogP contribution in [0.15, 0.2) is 41.8 Å². The van der Waals surface area contributed by atoms with Crippen LogP contribution < -0.4 is 9.64 Å². The second-order valence-corrected chi connectivity index (χ2v) is 12.0. The Morgan fingerprint density at radius 1 is 1.13 bits per heavy atom. The van der Waals surface area contributed by atoms with Gasteiger partial charge in [0.2, 0.25) is 0 Å². The molecule has 2 saturated heterocycles. The summed E-state index contributed by atoms with van der Waals surface area (Å²) in [5.74, 6) is -1.41. The van der Waals surface area contributed by atoms with Crippen LogP contribution in [0, 0.1) is 31.6 Å². The average molecular weight is 552 g/mol. The monoisotopic (exact) mass is 551 g/mol. The van der Waals surface area contributed by atoms with Crippen molar-refractivity contribution in [1.82, 2.24) is 9.88 Å². The zero-order valence-corrected chi connectivity index (χ0v) is 22.8. The zero-order chi connectivity index (χ0) is 27.3. The summed E-state index contributed by atoms with van der Waals surface area (Å²) in [5, 5.41) is 3.05. The number of alkyl halides is 2. The summed E-state index contributed by atoms with van der Waals surface area (Å²) in [6, 6.07) is 11.3. The fourth-order valence-electron chi connectivity index (χ4n) is 6.13. The summed E-state index contributed by atoms with van der Waals surface area (Å²) in [6.07, 6.45) is 3.38. The minimum Gasteiger partial charge on any atom is -0.488 e. The Labute approximate surface area is 230 Å². The molecule has 1 amide bonds. The maximum absolute atomic E-state index is 13.2. The summed E-state index contributed by atoms with van der Waals surface area (Å²) in [6.45, 7) is 4.94. The first-order chi connectivity index (χ1) is 18.7. The number of thiazole rings is 1. The lowest BCUT2D eigenvalue weighted by molar-refractivity contribution is -0.113. The Bertz CT molecular complexity index is 1400. The number of ether oxygens (including phenoxy) is 1. The lowest BCUT2D eigenvalue weighted by atomic mass is 9.87. The van der Waals surface area contributed by atoms with E-state index in [0.717, 1.165) is 71.0 Å². The number of benzene rings is 2. The van der Waals surface area contributed by atoms with Crippen LogP contribution in [0.2, 0.25) is 0 Å². The van der Waals surface area contributed by atoms with Crippen LogP contribution in [-0.4, -0.2) is 54.2 Å². The molecule has 39 heavy (non-hydrogen) atoms. The quantitative estimate of drug-likeness (QED) is 0.350. The van der Waals surface area contributed by atoms with E-state index in [9.17, 15) is 18.4 Å². The van der Waals surface area contributed by atoms with Crippen molar-refractivity contribution in [2.45, 2.75) is 39.2 Å². The largest absolute Gasteiger partial charge is 0.488 e. The van der Waals surface area contributed by atoms with Crippen molar-refractivity contribution >= 4 is 28.7 Å². The van der Waals surface area contributed by atoms with Crippen molar-refractivity contribution in [1.29, 1.82) is 0 Å². The predicted molar refractivity (Wildman–Crippen MR) is 147 cm³/mol. The summed E-state index contributed by atoms with van der Waals surface area (Å²) in [7, 11) is 0. The van der Waals surface area contributed by atoms with Gasteiger partial charge in [-0.25, -0.2) is 13.8 Å². The van der Waals surface area contributed by atoms with Gasteiger partial charge in [0.05, 0.1) is 18.8 Å². The number of halogens is 2. The summed E-state index contributed by atoms with van der Waals surface area (Å²) < 4.78 is 32.6. The Morgan fingerprint density at radius 2 is 1.87 bits per heavy atom. The number of aldehydes is 1. The van der Waals surface area contributed by atoms with Gasteiger partial charge in [-0.1, -0.05) is 17.7 Å². The number of nitrogens with zero attached hydrogens (tertiary/aromatic N) is 3. The molecule has 2 unspecified atom stereocenters. The van der Waals surface area contributed by atoms with Gasteiger partial charge in [0.1, 0.15) is 18.6 Å². The first-order valence-electron chi connectivity index (χ1n) is 13.4. The fraction of sp³-hybridized carbons (Fsp3) is 0.433. The lowest BCUT2D eigenvalue weighted by Crippen LogP contribution is -2.58. The molecule has 204 valence electrons. The third kappa shape index (κ3) is 5.04. The van der Waals surface area contributed by atoms with Gasteiger partial charge in [-0.3, -0.25) is 4.79 Å². The van der Waals surface area contributed by atoms with Crippen LogP contribution in [0.5, 0.6) is 5.75 Å².